The number of fused-ring (bicyclic) bond motifs is 1. The lowest BCUT2D eigenvalue weighted by Crippen LogP contribution is -2.52. The molecule has 1 heterocycles. The number of carboxylic acids is 1. The van der Waals surface area contributed by atoms with Crippen LogP contribution in [0.15, 0.2) is 60.8 Å². The Kier molecular flexibility index (Phi) is 7.53. The van der Waals surface area contributed by atoms with Crippen molar-refractivity contribution in [3.8, 4) is 0 Å². The summed E-state index contributed by atoms with van der Waals surface area (Å²) in [6.07, 6.45) is 2.43. The molecule has 0 aliphatic rings. The molecule has 174 valence electrons. The van der Waals surface area contributed by atoms with Crippen molar-refractivity contribution in [2.75, 3.05) is 6.54 Å². The molecule has 7 heteroatoms. The maximum absolute atomic E-state index is 13.1. The van der Waals surface area contributed by atoms with E-state index in [4.69, 9.17) is 0 Å². The van der Waals surface area contributed by atoms with Crippen LogP contribution in [0.3, 0.4) is 0 Å². The summed E-state index contributed by atoms with van der Waals surface area (Å²) in [6, 6.07) is 16.2. The minimum Gasteiger partial charge on any atom is -0.481 e. The van der Waals surface area contributed by atoms with Crippen molar-refractivity contribution in [3.05, 3.63) is 71.9 Å². The second-order valence-corrected chi connectivity index (χ2v) is 9.31. The summed E-state index contributed by atoms with van der Waals surface area (Å²) in [7, 11) is 0. The Morgan fingerprint density at radius 3 is 2.30 bits per heavy atom. The lowest BCUT2D eigenvalue weighted by molar-refractivity contribution is -0.142. The lowest BCUT2D eigenvalue weighted by Gasteiger charge is -2.24. The number of para-hydroxylation sites is 1. The summed E-state index contributed by atoms with van der Waals surface area (Å²) in [4.78, 5) is 40.7. The number of benzene rings is 2. The van der Waals surface area contributed by atoms with Crippen LogP contribution in [0.25, 0.3) is 10.9 Å². The molecule has 7 nitrogen and oxygen atoms in total. The highest BCUT2D eigenvalue weighted by atomic mass is 16.4. The molecule has 0 spiro atoms. The van der Waals surface area contributed by atoms with Gasteiger partial charge in [-0.1, -0.05) is 69.3 Å². The molecule has 4 N–H and O–H groups in total. The van der Waals surface area contributed by atoms with Crippen molar-refractivity contribution in [2.24, 2.45) is 11.3 Å². The molecule has 0 saturated carbocycles. The van der Waals surface area contributed by atoms with Gasteiger partial charge >= 0.3 is 5.97 Å². The van der Waals surface area contributed by atoms with Gasteiger partial charge in [-0.05, 0) is 23.6 Å². The summed E-state index contributed by atoms with van der Waals surface area (Å²) < 4.78 is 0. The maximum Gasteiger partial charge on any atom is 0.308 e. The second-order valence-electron chi connectivity index (χ2n) is 9.31. The first kappa shape index (κ1) is 24.0. The zero-order valence-corrected chi connectivity index (χ0v) is 19.2. The van der Waals surface area contributed by atoms with E-state index in [0.29, 0.717) is 6.42 Å². The third-order valence-corrected chi connectivity index (χ3v) is 5.60. The number of carbonyl (C=O) groups is 3. The van der Waals surface area contributed by atoms with E-state index in [2.05, 4.69) is 15.6 Å². The number of aliphatic carboxylic acids is 1. The van der Waals surface area contributed by atoms with Crippen molar-refractivity contribution in [2.45, 2.75) is 39.7 Å². The van der Waals surface area contributed by atoms with E-state index in [0.717, 1.165) is 22.0 Å². The number of carbonyl (C=O) groups excluding carboxylic acids is 2. The molecule has 2 aromatic carbocycles. The number of aromatic nitrogens is 1. The Bertz CT molecular complexity index is 1120. The number of hydrogen-bond donors (Lipinski definition) is 4. The van der Waals surface area contributed by atoms with Crippen LogP contribution >= 0.6 is 0 Å². The Labute approximate surface area is 193 Å². The third-order valence-electron chi connectivity index (χ3n) is 5.60. The molecule has 1 aromatic heterocycles. The van der Waals surface area contributed by atoms with E-state index >= 15 is 0 Å². The van der Waals surface area contributed by atoms with E-state index in [1.165, 1.54) is 0 Å². The molecule has 0 bridgehead atoms. The number of nitrogens with one attached hydrogen (secondary N) is 3. The van der Waals surface area contributed by atoms with E-state index < -0.39 is 29.3 Å². The number of amides is 2. The number of rotatable bonds is 9. The van der Waals surface area contributed by atoms with Crippen LogP contribution in [0.1, 0.15) is 31.9 Å². The minimum absolute atomic E-state index is 0.0289. The van der Waals surface area contributed by atoms with Crippen LogP contribution in [0.2, 0.25) is 0 Å². The summed E-state index contributed by atoms with van der Waals surface area (Å²) in [5.41, 5.74) is 2.06. The van der Waals surface area contributed by atoms with Crippen molar-refractivity contribution in [1.82, 2.24) is 15.6 Å². The third kappa shape index (κ3) is 6.44. The van der Waals surface area contributed by atoms with Crippen LogP contribution in [-0.2, 0) is 27.2 Å². The fourth-order valence-electron chi connectivity index (χ4n) is 3.60. The van der Waals surface area contributed by atoms with Gasteiger partial charge in [0, 0.05) is 35.5 Å². The van der Waals surface area contributed by atoms with Crippen LogP contribution in [0, 0.1) is 11.3 Å². The van der Waals surface area contributed by atoms with Gasteiger partial charge in [-0.15, -0.1) is 0 Å². The van der Waals surface area contributed by atoms with Crippen LogP contribution in [-0.4, -0.2) is 40.5 Å². The molecule has 0 fully saturated rings. The summed E-state index contributed by atoms with van der Waals surface area (Å²) in [5.74, 6) is -2.41. The summed E-state index contributed by atoms with van der Waals surface area (Å²) in [6.45, 7) is 5.31. The highest BCUT2D eigenvalue weighted by molar-refractivity contribution is 5.91. The number of hydrogen-bond acceptors (Lipinski definition) is 3. The molecule has 0 aliphatic heterocycles. The summed E-state index contributed by atoms with van der Waals surface area (Å²) in [5, 5.41) is 16.2. The van der Waals surface area contributed by atoms with E-state index in [1.54, 1.807) is 20.8 Å². The Morgan fingerprint density at radius 1 is 0.970 bits per heavy atom. The van der Waals surface area contributed by atoms with Crippen LogP contribution in [0.5, 0.6) is 0 Å². The van der Waals surface area contributed by atoms with Crippen LogP contribution < -0.4 is 10.6 Å². The second kappa shape index (κ2) is 10.3. The first-order valence-corrected chi connectivity index (χ1v) is 11.1. The number of H-pyrrole nitrogens is 1. The van der Waals surface area contributed by atoms with Gasteiger partial charge in [0.2, 0.25) is 11.8 Å². The van der Waals surface area contributed by atoms with E-state index in [9.17, 15) is 19.5 Å². The largest absolute Gasteiger partial charge is 0.481 e. The quantitative estimate of drug-likeness (QED) is 0.402. The normalized spacial score (nSPS) is 13.3. The Morgan fingerprint density at radius 2 is 1.64 bits per heavy atom. The fourth-order valence-corrected chi connectivity index (χ4v) is 3.60. The van der Waals surface area contributed by atoms with Gasteiger partial charge in [-0.3, -0.25) is 14.4 Å². The highest BCUT2D eigenvalue weighted by Crippen LogP contribution is 2.20. The predicted molar refractivity (Wildman–Crippen MR) is 128 cm³/mol. The van der Waals surface area contributed by atoms with Gasteiger partial charge in [0.1, 0.15) is 6.04 Å². The van der Waals surface area contributed by atoms with Crippen molar-refractivity contribution >= 4 is 28.7 Å². The van der Waals surface area contributed by atoms with E-state index in [1.807, 2.05) is 60.8 Å². The first-order valence-electron chi connectivity index (χ1n) is 11.1. The molecule has 0 radical (unpaired) electrons. The zero-order chi connectivity index (χ0) is 24.0. The molecule has 2 atom stereocenters. The highest BCUT2D eigenvalue weighted by Gasteiger charge is 2.29. The number of aromatic amines is 1. The number of carboxylic acid groups (broad SMARTS) is 1. The average molecular weight is 450 g/mol. The maximum atomic E-state index is 13.1. The lowest BCUT2D eigenvalue weighted by atomic mass is 9.94. The van der Waals surface area contributed by atoms with Crippen molar-refractivity contribution in [1.29, 1.82) is 0 Å². The van der Waals surface area contributed by atoms with E-state index in [-0.39, 0.29) is 18.9 Å². The molecule has 33 heavy (non-hydrogen) atoms. The Balaban J connectivity index is 1.75. The molecule has 0 saturated heterocycles. The first-order chi connectivity index (χ1) is 15.6. The van der Waals surface area contributed by atoms with Crippen LogP contribution in [0.4, 0.5) is 0 Å². The summed E-state index contributed by atoms with van der Waals surface area (Å²) >= 11 is 0. The molecule has 3 aromatic rings. The molecule has 2 unspecified atom stereocenters. The van der Waals surface area contributed by atoms with Gasteiger partial charge in [0.15, 0.2) is 0 Å². The van der Waals surface area contributed by atoms with Gasteiger partial charge in [0.25, 0.3) is 0 Å². The van der Waals surface area contributed by atoms with Crippen molar-refractivity contribution in [3.63, 3.8) is 0 Å². The SMILES string of the molecule is CC(C)(C)C(=O)NC(Cc1c[nH]c2ccccc12)C(=O)NCC(Cc1ccccc1)C(=O)O. The molecule has 3 rings (SSSR count). The average Bonchev–Trinajstić information content (AvgIpc) is 3.18. The minimum atomic E-state index is -0.981. The zero-order valence-electron chi connectivity index (χ0n) is 19.2. The fraction of sp³-hybridized carbons (Fsp3) is 0.346. The topological polar surface area (TPSA) is 111 Å². The Hall–Kier alpha value is -3.61. The van der Waals surface area contributed by atoms with Gasteiger partial charge < -0.3 is 20.7 Å². The van der Waals surface area contributed by atoms with Gasteiger partial charge in [0.05, 0.1) is 5.92 Å². The van der Waals surface area contributed by atoms with Gasteiger partial charge in [-0.25, -0.2) is 0 Å². The van der Waals surface area contributed by atoms with Gasteiger partial charge in [-0.2, -0.15) is 0 Å². The molecule has 0 aliphatic carbocycles. The predicted octanol–water partition coefficient (Wildman–Crippen LogP) is 3.30. The van der Waals surface area contributed by atoms with Crippen molar-refractivity contribution < 1.29 is 19.5 Å². The molecule has 2 amide bonds. The standard InChI is InChI=1S/C26H31N3O4/c1-26(2,3)25(33)29-22(14-18-15-27-21-12-8-7-11-20(18)21)23(30)28-16-19(24(31)32)13-17-9-5-4-6-10-17/h4-12,15,19,22,27H,13-14,16H2,1-3H3,(H,28,30)(H,29,33)(H,31,32). The molecular formula is C26H31N3O4. The smallest absolute Gasteiger partial charge is 0.308 e. The molecular weight excluding hydrogens is 418 g/mol. The monoisotopic (exact) mass is 449 g/mol.